The molecule has 0 radical (unpaired) electrons. The highest BCUT2D eigenvalue weighted by Gasteiger charge is 2.06. The van der Waals surface area contributed by atoms with Gasteiger partial charge in [-0.1, -0.05) is 56.9 Å². The van der Waals surface area contributed by atoms with Crippen molar-refractivity contribution in [1.82, 2.24) is 25.2 Å². The summed E-state index contributed by atoms with van der Waals surface area (Å²) in [5.74, 6) is 1.16. The second-order valence-electron chi connectivity index (χ2n) is 7.61. The van der Waals surface area contributed by atoms with Gasteiger partial charge < -0.3 is 9.88 Å². The number of benzene rings is 1. The molecule has 0 aliphatic carbocycles. The van der Waals surface area contributed by atoms with Gasteiger partial charge in [0, 0.05) is 30.6 Å². The molecule has 0 aliphatic heterocycles. The summed E-state index contributed by atoms with van der Waals surface area (Å²) in [5.41, 5.74) is 2.09. The highest BCUT2D eigenvalue weighted by molar-refractivity contribution is 7.99. The van der Waals surface area contributed by atoms with E-state index in [-0.39, 0.29) is 5.91 Å². The number of thioether (sulfide) groups is 1. The van der Waals surface area contributed by atoms with Crippen molar-refractivity contribution in [2.45, 2.75) is 76.4 Å². The Balaban J connectivity index is 1.37. The highest BCUT2D eigenvalue weighted by atomic mass is 32.2. The van der Waals surface area contributed by atoms with Crippen LogP contribution in [0.25, 0.3) is 10.9 Å². The first kappa shape index (κ1) is 22.3. The van der Waals surface area contributed by atoms with Gasteiger partial charge in [0.1, 0.15) is 0 Å². The van der Waals surface area contributed by atoms with Crippen LogP contribution in [0.2, 0.25) is 0 Å². The lowest BCUT2D eigenvalue weighted by molar-refractivity contribution is -0.116. The maximum atomic E-state index is 12.1. The summed E-state index contributed by atoms with van der Waals surface area (Å²) < 4.78 is 2.30. The van der Waals surface area contributed by atoms with Crippen molar-refractivity contribution >= 4 is 34.3 Å². The normalized spacial score (nSPS) is 11.2. The average Bonchev–Trinajstić information content (AvgIpc) is 3.40. The summed E-state index contributed by atoms with van der Waals surface area (Å²) >= 11 is 1.68. The number of tetrazole rings is 1. The number of hydrogen-bond donors (Lipinski definition) is 2. The number of carbonyl (C=O) groups is 1. The quantitative estimate of drug-likeness (QED) is 0.264. The third kappa shape index (κ3) is 7.16. The molecule has 2 N–H and O–H groups in total. The molecule has 0 saturated carbocycles. The number of nitrogens with one attached hydrogen (secondary N) is 2. The molecule has 0 spiro atoms. The summed E-state index contributed by atoms with van der Waals surface area (Å²) in [5, 5.41) is 18.9. The Morgan fingerprint density at radius 3 is 2.80 bits per heavy atom. The zero-order valence-electron chi connectivity index (χ0n) is 17.8. The van der Waals surface area contributed by atoms with Crippen LogP contribution >= 0.6 is 11.8 Å². The average molecular weight is 429 g/mol. The van der Waals surface area contributed by atoms with Crippen LogP contribution in [0.4, 0.5) is 5.69 Å². The Hall–Kier alpha value is -2.35. The molecular formula is C22H32N6OS. The number of nitrogens with zero attached hydrogens (tertiary/aromatic N) is 4. The Labute approximate surface area is 182 Å². The van der Waals surface area contributed by atoms with Crippen LogP contribution in [0.5, 0.6) is 0 Å². The Bertz CT molecular complexity index is 892. The summed E-state index contributed by atoms with van der Waals surface area (Å²) in [6.45, 7) is 3.16. The first-order valence-corrected chi connectivity index (χ1v) is 12.0. The van der Waals surface area contributed by atoms with Crippen molar-refractivity contribution in [1.29, 1.82) is 0 Å². The van der Waals surface area contributed by atoms with Crippen LogP contribution in [0, 0.1) is 0 Å². The number of aromatic nitrogens is 5. The van der Waals surface area contributed by atoms with Crippen molar-refractivity contribution in [2.24, 2.45) is 0 Å². The number of aryl methyl sites for hydroxylation is 1. The van der Waals surface area contributed by atoms with Crippen molar-refractivity contribution in [3.63, 3.8) is 0 Å². The molecule has 0 bridgehead atoms. The molecule has 7 nitrogen and oxygen atoms in total. The monoisotopic (exact) mass is 428 g/mol. The molecule has 1 aromatic carbocycles. The molecule has 0 aliphatic rings. The van der Waals surface area contributed by atoms with Gasteiger partial charge in [-0.05, 0) is 53.3 Å². The number of H-pyrrole nitrogens is 1. The SMILES string of the molecule is CCCCCC(=O)Nc1ccc2ccn(CCCCCCCSc3nnn[nH]3)c2c1. The van der Waals surface area contributed by atoms with E-state index in [9.17, 15) is 4.79 Å². The Kier molecular flexibility index (Phi) is 9.21. The number of rotatable bonds is 14. The van der Waals surface area contributed by atoms with E-state index in [0.717, 1.165) is 48.8 Å². The van der Waals surface area contributed by atoms with Crippen molar-refractivity contribution in [2.75, 3.05) is 11.1 Å². The fraction of sp³-hybridized carbons (Fsp3) is 0.545. The third-order valence-electron chi connectivity index (χ3n) is 5.17. The number of fused-ring (bicyclic) bond motifs is 1. The van der Waals surface area contributed by atoms with E-state index in [2.05, 4.69) is 61.8 Å². The van der Waals surface area contributed by atoms with Gasteiger partial charge in [-0.2, -0.15) is 0 Å². The van der Waals surface area contributed by atoms with Crippen LogP contribution in [-0.4, -0.2) is 36.9 Å². The zero-order valence-corrected chi connectivity index (χ0v) is 18.6. The van der Waals surface area contributed by atoms with Gasteiger partial charge in [-0.25, -0.2) is 5.10 Å². The molecule has 1 amide bonds. The molecule has 0 atom stereocenters. The van der Waals surface area contributed by atoms with Crippen LogP contribution in [0.3, 0.4) is 0 Å². The molecule has 3 rings (SSSR count). The summed E-state index contributed by atoms with van der Waals surface area (Å²) in [6, 6.07) is 8.34. The van der Waals surface area contributed by atoms with E-state index in [1.165, 1.54) is 36.6 Å². The lowest BCUT2D eigenvalue weighted by Crippen LogP contribution is -2.11. The smallest absolute Gasteiger partial charge is 0.224 e. The van der Waals surface area contributed by atoms with Crippen molar-refractivity contribution < 1.29 is 4.79 Å². The van der Waals surface area contributed by atoms with Crippen molar-refractivity contribution in [3.05, 3.63) is 30.5 Å². The molecule has 162 valence electrons. The maximum Gasteiger partial charge on any atom is 0.224 e. The van der Waals surface area contributed by atoms with Gasteiger partial charge in [-0.15, -0.1) is 5.10 Å². The number of unbranched alkanes of at least 4 members (excludes halogenated alkanes) is 6. The number of anilines is 1. The summed E-state index contributed by atoms with van der Waals surface area (Å²) in [4.78, 5) is 12.1. The van der Waals surface area contributed by atoms with Gasteiger partial charge in [0.25, 0.3) is 0 Å². The minimum atomic E-state index is 0.110. The largest absolute Gasteiger partial charge is 0.347 e. The molecular weight excluding hydrogens is 396 g/mol. The molecule has 30 heavy (non-hydrogen) atoms. The first-order chi connectivity index (χ1) is 14.8. The van der Waals surface area contributed by atoms with E-state index in [1.54, 1.807) is 11.8 Å². The lowest BCUT2D eigenvalue weighted by Gasteiger charge is -2.09. The van der Waals surface area contributed by atoms with E-state index in [0.29, 0.717) is 6.42 Å². The lowest BCUT2D eigenvalue weighted by atomic mass is 10.1. The second kappa shape index (κ2) is 12.4. The molecule has 3 aromatic rings. The Morgan fingerprint density at radius 1 is 1.10 bits per heavy atom. The molecule has 8 heteroatoms. The first-order valence-electron chi connectivity index (χ1n) is 11.0. The molecule has 2 heterocycles. The zero-order chi connectivity index (χ0) is 21.0. The number of hydrogen-bond acceptors (Lipinski definition) is 5. The van der Waals surface area contributed by atoms with Crippen LogP contribution in [0.15, 0.2) is 35.6 Å². The molecule has 2 aromatic heterocycles. The summed E-state index contributed by atoms with van der Waals surface area (Å²) in [7, 11) is 0. The summed E-state index contributed by atoms with van der Waals surface area (Å²) in [6.07, 6.45) is 12.0. The number of carbonyl (C=O) groups excluding carboxylic acids is 1. The molecule has 0 unspecified atom stereocenters. The molecule has 0 fully saturated rings. The molecule has 0 saturated heterocycles. The maximum absolute atomic E-state index is 12.1. The third-order valence-corrected chi connectivity index (χ3v) is 6.11. The topological polar surface area (TPSA) is 88.5 Å². The van der Waals surface area contributed by atoms with E-state index >= 15 is 0 Å². The standard InChI is InChI=1S/C22H32N6OS/c1-2-3-7-10-21(29)23-19-12-11-18-13-15-28(20(18)17-19)14-8-5-4-6-9-16-30-22-24-26-27-25-22/h11-13,15,17H,2-10,14,16H2,1H3,(H,23,29)(H,24,25,26,27). The van der Waals surface area contributed by atoms with Crippen LogP contribution in [0.1, 0.15) is 64.7 Å². The van der Waals surface area contributed by atoms with Gasteiger partial charge in [0.15, 0.2) is 0 Å². The second-order valence-corrected chi connectivity index (χ2v) is 8.69. The predicted octanol–water partition coefficient (Wildman–Crippen LogP) is 5.42. The van der Waals surface area contributed by atoms with E-state index in [4.69, 9.17) is 0 Å². The minimum absolute atomic E-state index is 0.110. The Morgan fingerprint density at radius 2 is 1.97 bits per heavy atom. The highest BCUT2D eigenvalue weighted by Crippen LogP contribution is 2.22. The van der Waals surface area contributed by atoms with Gasteiger partial charge in [0.05, 0.1) is 5.52 Å². The number of aromatic amines is 1. The van der Waals surface area contributed by atoms with Gasteiger partial charge in [-0.3, -0.25) is 4.79 Å². The van der Waals surface area contributed by atoms with Gasteiger partial charge >= 0.3 is 0 Å². The van der Waals surface area contributed by atoms with Gasteiger partial charge in [0.2, 0.25) is 11.1 Å². The predicted molar refractivity (Wildman–Crippen MR) is 123 cm³/mol. The fourth-order valence-electron chi connectivity index (χ4n) is 3.51. The van der Waals surface area contributed by atoms with Crippen LogP contribution < -0.4 is 5.32 Å². The minimum Gasteiger partial charge on any atom is -0.347 e. The number of amides is 1. The van der Waals surface area contributed by atoms with Crippen LogP contribution in [-0.2, 0) is 11.3 Å². The van der Waals surface area contributed by atoms with E-state index in [1.807, 2.05) is 6.07 Å². The van der Waals surface area contributed by atoms with E-state index < -0.39 is 0 Å². The van der Waals surface area contributed by atoms with Crippen molar-refractivity contribution in [3.8, 4) is 0 Å². The fourth-order valence-corrected chi connectivity index (χ4v) is 4.25.